The molecule has 0 heterocycles. The Bertz CT molecular complexity index is 1470. The van der Waals surface area contributed by atoms with Crippen molar-refractivity contribution in [3.05, 3.63) is 59.7 Å². The molecule has 54 heavy (non-hydrogen) atoms. The smallest absolute Gasteiger partial charge is 0.289 e. The average Bonchev–Trinajstić information content (AvgIpc) is 3.15. The number of amides is 2. The fourth-order valence-electron chi connectivity index (χ4n) is 6.31. The summed E-state index contributed by atoms with van der Waals surface area (Å²) in [5, 5.41) is 25.9. The van der Waals surface area contributed by atoms with Crippen LogP contribution in [0, 0.1) is 11.8 Å². The first kappa shape index (κ1) is 46.4. The van der Waals surface area contributed by atoms with E-state index >= 15 is 0 Å². The van der Waals surface area contributed by atoms with Crippen molar-refractivity contribution in [2.45, 2.75) is 136 Å². The van der Waals surface area contributed by atoms with Crippen molar-refractivity contribution < 1.29 is 34.1 Å². The number of aryl methyl sites for hydroxylation is 1. The van der Waals surface area contributed by atoms with Gasteiger partial charge in [0.1, 0.15) is 6.04 Å². The molecule has 2 aromatic carbocycles. The number of nitrogens with two attached hydrogens (primary N) is 2. The molecule has 0 aliphatic carbocycles. The van der Waals surface area contributed by atoms with Gasteiger partial charge in [-0.1, -0.05) is 89.0 Å². The number of unbranched alkanes of at least 4 members (excludes halogenated alkanes) is 3. The van der Waals surface area contributed by atoms with E-state index in [1.807, 2.05) is 12.1 Å². The normalized spacial score (nSPS) is 14.6. The number of nitrogens with one attached hydrogen (secondary N) is 2. The number of hydrogen-bond donors (Lipinski definition) is 6. The molecular weight excluding hydrogens is 683 g/mol. The molecule has 0 aliphatic heterocycles. The van der Waals surface area contributed by atoms with Gasteiger partial charge in [0.15, 0.2) is 17.3 Å². The van der Waals surface area contributed by atoms with Gasteiger partial charge in [-0.3, -0.25) is 24.0 Å². The molecule has 0 bridgehead atoms. The molecule has 0 saturated heterocycles. The van der Waals surface area contributed by atoms with E-state index in [9.17, 15) is 34.1 Å². The number of rotatable bonds is 27. The molecule has 2 aromatic rings. The first-order valence-electron chi connectivity index (χ1n) is 19.9. The number of carbonyl (C=O) groups excluding carboxylic acids is 5. The monoisotopic (exact) mass is 748 g/mol. The van der Waals surface area contributed by atoms with E-state index in [-0.39, 0.29) is 36.6 Å². The van der Waals surface area contributed by atoms with Crippen molar-refractivity contribution in [2.75, 3.05) is 13.1 Å². The summed E-state index contributed by atoms with van der Waals surface area (Å²) in [7, 11) is 0. The van der Waals surface area contributed by atoms with Gasteiger partial charge in [-0.15, -0.1) is 0 Å². The maximum atomic E-state index is 13.7. The molecule has 12 heteroatoms. The van der Waals surface area contributed by atoms with Crippen LogP contribution in [0.25, 0.3) is 11.1 Å². The summed E-state index contributed by atoms with van der Waals surface area (Å²) in [6.45, 7) is 8.67. The Kier molecular flexibility index (Phi) is 21.2. The maximum Gasteiger partial charge on any atom is 0.289 e. The van der Waals surface area contributed by atoms with Crippen molar-refractivity contribution >= 4 is 36.1 Å². The predicted octanol–water partition coefficient (Wildman–Crippen LogP) is 5.05. The van der Waals surface area contributed by atoms with E-state index in [1.165, 1.54) is 12.5 Å². The van der Waals surface area contributed by atoms with Crippen LogP contribution in [0.15, 0.2) is 48.5 Å². The molecule has 2 amide bonds. The first-order chi connectivity index (χ1) is 25.7. The number of benzene rings is 2. The summed E-state index contributed by atoms with van der Waals surface area (Å²) in [6, 6.07) is 13.6. The van der Waals surface area contributed by atoms with E-state index in [0.29, 0.717) is 57.2 Å². The van der Waals surface area contributed by atoms with Crippen LogP contribution in [0.5, 0.6) is 0 Å². The fraction of sp³-hybridized carbons (Fsp3) is 0.595. The zero-order valence-corrected chi connectivity index (χ0v) is 33.2. The number of carbonyl (C=O) groups is 5. The van der Waals surface area contributed by atoms with Gasteiger partial charge in [0.25, 0.3) is 6.92 Å². The lowest BCUT2D eigenvalue weighted by Gasteiger charge is -2.25. The maximum absolute atomic E-state index is 13.7. The van der Waals surface area contributed by atoms with Gasteiger partial charge in [-0.05, 0) is 87.5 Å². The van der Waals surface area contributed by atoms with Crippen molar-refractivity contribution in [3.63, 3.8) is 0 Å². The summed E-state index contributed by atoms with van der Waals surface area (Å²) in [4.78, 5) is 66.9. The van der Waals surface area contributed by atoms with E-state index in [1.54, 1.807) is 32.8 Å². The van der Waals surface area contributed by atoms with E-state index in [0.717, 1.165) is 30.4 Å². The number of hydrogen-bond acceptors (Lipinski definition) is 9. The number of ketones is 3. The van der Waals surface area contributed by atoms with Crippen LogP contribution in [0.3, 0.4) is 0 Å². The second-order valence-electron chi connectivity index (χ2n) is 15.0. The van der Waals surface area contributed by atoms with Gasteiger partial charge in [0.05, 0.1) is 12.1 Å². The Morgan fingerprint density at radius 1 is 0.722 bits per heavy atom. The van der Waals surface area contributed by atoms with E-state index < -0.39 is 54.5 Å². The molecule has 0 aromatic heterocycles. The number of aliphatic hydroxyl groups excluding tert-OH is 1. The topological polar surface area (TPSA) is 202 Å². The Labute approximate surface area is 322 Å². The number of aliphatic hydroxyl groups is 1. The molecule has 0 saturated carbocycles. The zero-order chi connectivity index (χ0) is 40.2. The Morgan fingerprint density at radius 2 is 1.30 bits per heavy atom. The highest BCUT2D eigenvalue weighted by Gasteiger charge is 2.33. The van der Waals surface area contributed by atoms with Gasteiger partial charge in [0.2, 0.25) is 11.8 Å². The fourth-order valence-corrected chi connectivity index (χ4v) is 6.31. The minimum Gasteiger partial charge on any atom is -0.450 e. The highest BCUT2D eigenvalue weighted by molar-refractivity contribution is 6.50. The van der Waals surface area contributed by atoms with Gasteiger partial charge < -0.3 is 32.2 Å². The lowest BCUT2D eigenvalue weighted by molar-refractivity contribution is -0.135. The third-order valence-corrected chi connectivity index (χ3v) is 10.2. The summed E-state index contributed by atoms with van der Waals surface area (Å²) < 4.78 is 0. The summed E-state index contributed by atoms with van der Waals surface area (Å²) >= 11 is 0. The summed E-state index contributed by atoms with van der Waals surface area (Å²) in [5.74, 6) is -3.93. The van der Waals surface area contributed by atoms with Crippen LogP contribution in [-0.2, 0) is 25.6 Å². The minimum absolute atomic E-state index is 0.0859. The third-order valence-electron chi connectivity index (χ3n) is 10.2. The van der Waals surface area contributed by atoms with Crippen LogP contribution >= 0.6 is 0 Å². The molecular formula is C42H65BN4O7. The molecule has 8 N–H and O–H groups in total. The summed E-state index contributed by atoms with van der Waals surface area (Å²) in [5.41, 5.74) is 15.1. The van der Waals surface area contributed by atoms with Gasteiger partial charge >= 0.3 is 0 Å². The molecule has 0 fully saturated rings. The van der Waals surface area contributed by atoms with Gasteiger partial charge in [-0.25, -0.2) is 0 Å². The molecule has 1 unspecified atom stereocenters. The standard InChI is InChI=1S/C42H65BN4O7/c1-6-7-12-31-15-17-32(18-16-31)33-19-21-34(22-20-33)37(49)27-35(13-8-10-23-44)42(53)47-40(30(4)48)39(51)25-28(2)41(52)46-36(14-9-11-24-45)38(50)26-29(3)43(5)54/h15-22,28-30,35-36,40,48,54H,6-14,23-27,44-45H2,1-5H3,(H,46,52)(H,47,53)/t28-,29-,30?,35+,36+,40+/m1/s1. The van der Waals surface area contributed by atoms with Crippen LogP contribution in [-0.4, -0.2) is 77.5 Å². The predicted molar refractivity (Wildman–Crippen MR) is 216 cm³/mol. The largest absolute Gasteiger partial charge is 0.450 e. The molecule has 2 rings (SSSR count). The molecule has 0 aliphatic rings. The Morgan fingerprint density at radius 3 is 1.83 bits per heavy atom. The van der Waals surface area contributed by atoms with Crippen LogP contribution in [0.2, 0.25) is 12.6 Å². The van der Waals surface area contributed by atoms with Crippen molar-refractivity contribution in [1.29, 1.82) is 0 Å². The lowest BCUT2D eigenvalue weighted by Crippen LogP contribution is -2.51. The molecule has 0 radical (unpaired) electrons. The van der Waals surface area contributed by atoms with E-state index in [4.69, 9.17) is 11.5 Å². The second kappa shape index (κ2) is 24.7. The quantitative estimate of drug-likeness (QED) is 0.0411. The third kappa shape index (κ3) is 16.0. The summed E-state index contributed by atoms with van der Waals surface area (Å²) in [6.07, 6.45) is 5.05. The van der Waals surface area contributed by atoms with Crippen LogP contribution in [0.4, 0.5) is 0 Å². The average molecular weight is 749 g/mol. The van der Waals surface area contributed by atoms with Crippen LogP contribution in [0.1, 0.15) is 114 Å². The molecule has 6 atom stereocenters. The second-order valence-corrected chi connectivity index (χ2v) is 15.0. The zero-order valence-electron chi connectivity index (χ0n) is 33.2. The first-order valence-corrected chi connectivity index (χ1v) is 19.9. The van der Waals surface area contributed by atoms with Crippen LogP contribution < -0.4 is 22.1 Å². The molecule has 11 nitrogen and oxygen atoms in total. The van der Waals surface area contributed by atoms with E-state index in [2.05, 4.69) is 41.8 Å². The van der Waals surface area contributed by atoms with Gasteiger partial charge in [-0.2, -0.15) is 0 Å². The SMILES string of the molecule is CCCCc1ccc(-c2ccc(C(=O)C[C@H](CCCCN)C(=O)N[C@H](C(=O)C[C@@H](C)C(=O)N[C@@H](CCCCN)C(=O)C[C@@H](C)B(C)O)C(C)O)cc2)cc1. The Balaban J connectivity index is 2.11. The highest BCUT2D eigenvalue weighted by atomic mass is 16.3. The minimum atomic E-state index is -1.30. The molecule has 298 valence electrons. The lowest BCUT2D eigenvalue weighted by atomic mass is 9.58. The van der Waals surface area contributed by atoms with Gasteiger partial charge in [0, 0.05) is 36.7 Å². The van der Waals surface area contributed by atoms with Crippen molar-refractivity contribution in [3.8, 4) is 11.1 Å². The number of Topliss-reactive ketones (excluding diaryl/α,β-unsaturated/α-hetero) is 3. The Hall–Kier alpha value is -3.71. The van der Waals surface area contributed by atoms with Crippen molar-refractivity contribution in [1.82, 2.24) is 10.6 Å². The van der Waals surface area contributed by atoms with Crippen molar-refractivity contribution in [2.24, 2.45) is 23.3 Å². The highest BCUT2D eigenvalue weighted by Crippen LogP contribution is 2.24. The molecule has 0 spiro atoms.